The summed E-state index contributed by atoms with van der Waals surface area (Å²) in [4.78, 5) is 15.3. The maximum Gasteiger partial charge on any atom is 0.488 e. The Morgan fingerprint density at radius 2 is 1.70 bits per heavy atom. The van der Waals surface area contributed by atoms with Gasteiger partial charge in [-0.25, -0.2) is 4.79 Å². The van der Waals surface area contributed by atoms with Crippen LogP contribution in [-0.4, -0.2) is 58.2 Å². The van der Waals surface area contributed by atoms with E-state index >= 15 is 0 Å². The number of carbonyl (C=O) groups is 1. The molecule has 1 saturated heterocycles. The van der Waals surface area contributed by atoms with Crippen LogP contribution in [0.2, 0.25) is 0 Å². The van der Waals surface area contributed by atoms with E-state index in [1.807, 2.05) is 0 Å². The van der Waals surface area contributed by atoms with Crippen LogP contribution in [0, 0.1) is 6.92 Å². The minimum Gasteiger partial charge on any atom is -0.449 e. The van der Waals surface area contributed by atoms with Crippen LogP contribution in [0.5, 0.6) is 5.75 Å². The van der Waals surface area contributed by atoms with Gasteiger partial charge in [0.15, 0.2) is 0 Å². The molecule has 1 aromatic carbocycles. The SMILES string of the molecule is Cc1c(OS(=O)(=O)F)cc(C[B-](F)(F)F)cc1N1CCN(C(=O)OC(C)(C)C)CC1. The molecule has 0 N–H and O–H groups in total. The van der Waals surface area contributed by atoms with Crippen molar-refractivity contribution in [3.63, 3.8) is 0 Å². The van der Waals surface area contributed by atoms with Crippen LogP contribution in [0.25, 0.3) is 0 Å². The van der Waals surface area contributed by atoms with E-state index in [0.29, 0.717) is 0 Å². The average molecular weight is 455 g/mol. The van der Waals surface area contributed by atoms with Crippen LogP contribution in [0.4, 0.5) is 27.3 Å². The molecule has 0 spiro atoms. The van der Waals surface area contributed by atoms with Gasteiger partial charge in [-0.2, -0.15) is 8.42 Å². The van der Waals surface area contributed by atoms with Crippen LogP contribution in [0.15, 0.2) is 12.1 Å². The number of anilines is 1. The van der Waals surface area contributed by atoms with Gasteiger partial charge in [0.05, 0.1) is 0 Å². The number of carbonyl (C=O) groups excluding carboxylic acids is 1. The highest BCUT2D eigenvalue weighted by atomic mass is 32.3. The molecule has 1 heterocycles. The summed E-state index contributed by atoms with van der Waals surface area (Å²) < 4.78 is 83.1. The lowest BCUT2D eigenvalue weighted by molar-refractivity contribution is 0.0240. The molecule has 1 aliphatic rings. The fourth-order valence-corrected chi connectivity index (χ4v) is 3.48. The van der Waals surface area contributed by atoms with Gasteiger partial charge in [0.2, 0.25) is 0 Å². The highest BCUT2D eigenvalue weighted by molar-refractivity contribution is 7.81. The number of ether oxygens (including phenoxy) is 1. The van der Waals surface area contributed by atoms with E-state index in [1.165, 1.54) is 17.9 Å². The van der Waals surface area contributed by atoms with Gasteiger partial charge >= 0.3 is 23.6 Å². The van der Waals surface area contributed by atoms with Crippen molar-refractivity contribution >= 4 is 29.3 Å². The predicted molar refractivity (Wildman–Crippen MR) is 105 cm³/mol. The molecule has 170 valence electrons. The Hall–Kier alpha value is -2.18. The number of amides is 1. The Balaban J connectivity index is 2.27. The molecule has 7 nitrogen and oxygen atoms in total. The molecule has 1 amide bonds. The van der Waals surface area contributed by atoms with E-state index in [2.05, 4.69) is 4.18 Å². The zero-order chi connectivity index (χ0) is 22.9. The first kappa shape index (κ1) is 24.1. The summed E-state index contributed by atoms with van der Waals surface area (Å²) in [7, 11) is -5.41. The Kier molecular flexibility index (Phi) is 6.84. The first-order valence-corrected chi connectivity index (χ1v) is 10.6. The van der Waals surface area contributed by atoms with Gasteiger partial charge in [-0.1, -0.05) is 15.8 Å². The lowest BCUT2D eigenvalue weighted by atomic mass is 9.81. The maximum atomic E-state index is 13.0. The van der Waals surface area contributed by atoms with E-state index in [-0.39, 0.29) is 43.0 Å². The van der Waals surface area contributed by atoms with Crippen molar-refractivity contribution in [3.8, 4) is 5.75 Å². The Morgan fingerprint density at radius 3 is 2.17 bits per heavy atom. The van der Waals surface area contributed by atoms with E-state index in [4.69, 9.17) is 4.74 Å². The van der Waals surface area contributed by atoms with Crippen molar-refractivity contribution in [2.24, 2.45) is 0 Å². The lowest BCUT2D eigenvalue weighted by Gasteiger charge is -2.37. The Labute approximate surface area is 173 Å². The fourth-order valence-electron chi connectivity index (χ4n) is 3.09. The second-order valence-electron chi connectivity index (χ2n) is 8.08. The van der Waals surface area contributed by atoms with Crippen molar-refractivity contribution < 1.29 is 39.0 Å². The Morgan fingerprint density at radius 1 is 1.13 bits per heavy atom. The monoisotopic (exact) mass is 455 g/mol. The van der Waals surface area contributed by atoms with Crippen LogP contribution in [0.1, 0.15) is 31.9 Å². The molecule has 0 aliphatic carbocycles. The van der Waals surface area contributed by atoms with Crippen molar-refractivity contribution in [2.45, 2.75) is 39.6 Å². The lowest BCUT2D eigenvalue weighted by Crippen LogP contribution is -2.50. The van der Waals surface area contributed by atoms with Crippen molar-refractivity contribution in [3.05, 3.63) is 23.3 Å². The molecule has 2 rings (SSSR count). The van der Waals surface area contributed by atoms with Crippen molar-refractivity contribution in [1.82, 2.24) is 4.90 Å². The molecule has 0 bridgehead atoms. The second-order valence-corrected chi connectivity index (χ2v) is 9.04. The number of piperazine rings is 1. The smallest absolute Gasteiger partial charge is 0.449 e. The summed E-state index contributed by atoms with van der Waals surface area (Å²) in [6.45, 7) is 2.46. The third-order valence-corrected chi connectivity index (χ3v) is 4.70. The topological polar surface area (TPSA) is 76.2 Å². The Bertz CT molecular complexity index is 895. The molecular weight excluding hydrogens is 431 g/mol. The minimum atomic E-state index is -5.41. The van der Waals surface area contributed by atoms with Gasteiger partial charge < -0.3 is 31.7 Å². The summed E-state index contributed by atoms with van der Waals surface area (Å²) >= 11 is 0. The quantitative estimate of drug-likeness (QED) is 0.384. The first-order chi connectivity index (χ1) is 13.5. The maximum absolute atomic E-state index is 13.0. The van der Waals surface area contributed by atoms with Crippen LogP contribution < -0.4 is 9.08 Å². The van der Waals surface area contributed by atoms with Gasteiger partial charge in [0.1, 0.15) is 11.4 Å². The van der Waals surface area contributed by atoms with Crippen LogP contribution in [0.3, 0.4) is 0 Å². The molecule has 1 aliphatic heterocycles. The van der Waals surface area contributed by atoms with Crippen molar-refractivity contribution in [1.29, 1.82) is 0 Å². The van der Waals surface area contributed by atoms with E-state index in [1.54, 1.807) is 25.7 Å². The predicted octanol–water partition coefficient (Wildman–Crippen LogP) is 3.57. The molecule has 1 fully saturated rings. The molecule has 0 atom stereocenters. The number of benzene rings is 1. The molecule has 30 heavy (non-hydrogen) atoms. The molecule has 0 unspecified atom stereocenters. The number of rotatable bonds is 5. The van der Waals surface area contributed by atoms with Crippen LogP contribution in [-0.2, 0) is 21.6 Å². The van der Waals surface area contributed by atoms with Crippen LogP contribution >= 0.6 is 0 Å². The molecule has 0 radical (unpaired) electrons. The number of nitrogens with zero attached hydrogens (tertiary/aromatic N) is 2. The fraction of sp³-hybridized carbons (Fsp3) is 0.588. The summed E-state index contributed by atoms with van der Waals surface area (Å²) in [5.41, 5.74) is -0.436. The molecule has 13 heteroatoms. The summed E-state index contributed by atoms with van der Waals surface area (Å²) in [6, 6.07) is 2.16. The van der Waals surface area contributed by atoms with Gasteiger partial charge in [-0.15, -0.1) is 0 Å². The first-order valence-electron chi connectivity index (χ1n) is 9.25. The summed E-state index contributed by atoms with van der Waals surface area (Å²) in [5, 5.41) is 0. The molecule has 1 aromatic rings. The second kappa shape index (κ2) is 8.52. The number of hydrogen-bond acceptors (Lipinski definition) is 6. The van der Waals surface area contributed by atoms with Gasteiger partial charge in [0.25, 0.3) is 0 Å². The highest BCUT2D eigenvalue weighted by Gasteiger charge is 2.29. The van der Waals surface area contributed by atoms with Crippen molar-refractivity contribution in [2.75, 3.05) is 31.1 Å². The largest absolute Gasteiger partial charge is 0.488 e. The zero-order valence-electron chi connectivity index (χ0n) is 17.1. The summed E-state index contributed by atoms with van der Waals surface area (Å²) in [5.74, 6) is -0.500. The summed E-state index contributed by atoms with van der Waals surface area (Å²) in [6.07, 6.45) is -1.77. The molecule has 0 aromatic heterocycles. The standard InChI is InChI=1S/C17H24BF4N2O5S/c1-12-14(23-5-7-24(8-6-23)16(25)28-17(2,3)4)9-13(11-18(19,20)21)10-15(12)29-30(22,26)27/h9-10H,5-8,11H2,1-4H3/q-1. The minimum absolute atomic E-state index is 0.181. The van der Waals surface area contributed by atoms with E-state index in [0.717, 1.165) is 6.07 Å². The van der Waals surface area contributed by atoms with Gasteiger partial charge in [0, 0.05) is 37.4 Å². The molecular formula is C17H24BF4N2O5S-. The highest BCUT2D eigenvalue weighted by Crippen LogP contribution is 2.34. The van der Waals surface area contributed by atoms with Gasteiger partial charge in [-0.3, -0.25) is 0 Å². The molecule has 0 saturated carbocycles. The number of halogens is 4. The normalized spacial score (nSPS) is 15.9. The van der Waals surface area contributed by atoms with E-state index in [9.17, 15) is 30.0 Å². The van der Waals surface area contributed by atoms with E-state index < -0.39 is 41.2 Å². The zero-order valence-corrected chi connectivity index (χ0v) is 17.9. The van der Waals surface area contributed by atoms with Gasteiger partial charge in [-0.05, 0) is 39.8 Å². The third kappa shape index (κ3) is 7.26. The average Bonchev–Trinajstić information content (AvgIpc) is 2.53. The third-order valence-electron chi connectivity index (χ3n) is 4.32. The number of hydrogen-bond donors (Lipinski definition) is 0.